The summed E-state index contributed by atoms with van der Waals surface area (Å²) in [4.78, 5) is 46.9. The van der Waals surface area contributed by atoms with Crippen molar-refractivity contribution in [2.24, 2.45) is 5.09 Å². The van der Waals surface area contributed by atoms with Crippen molar-refractivity contribution in [1.29, 1.82) is 5.26 Å². The Hall–Kier alpha value is -3.62. The average Bonchev–Trinajstić information content (AvgIpc) is 2.76. The largest absolute Gasteiger partial charge is 0.570 e. The highest BCUT2D eigenvalue weighted by Crippen LogP contribution is 2.31. The minimum absolute atomic E-state index is 0.0152. The monoisotopic (exact) mass is 431 g/mol. The van der Waals surface area contributed by atoms with Crippen molar-refractivity contribution in [2.45, 2.75) is 45.0 Å². The van der Waals surface area contributed by atoms with Gasteiger partial charge in [-0.2, -0.15) is 10.2 Å². The van der Waals surface area contributed by atoms with Gasteiger partial charge in [0, 0.05) is 12.8 Å². The van der Waals surface area contributed by atoms with Gasteiger partial charge in [0.05, 0.1) is 18.6 Å². The van der Waals surface area contributed by atoms with Gasteiger partial charge in [-0.25, -0.2) is 9.59 Å². The van der Waals surface area contributed by atoms with Crippen molar-refractivity contribution < 1.29 is 33.2 Å². The molecule has 1 aliphatic rings. The summed E-state index contributed by atoms with van der Waals surface area (Å²) in [5.41, 5.74) is 0.572. The van der Waals surface area contributed by atoms with Crippen molar-refractivity contribution in [3.05, 3.63) is 34.2 Å². The van der Waals surface area contributed by atoms with Crippen molar-refractivity contribution in [2.75, 3.05) is 13.4 Å². The molecule has 1 heterocycles. The number of fused-ring (bicyclic) bond motifs is 1. The number of esters is 1. The van der Waals surface area contributed by atoms with Crippen LogP contribution in [0.5, 0.6) is 5.75 Å². The van der Waals surface area contributed by atoms with Gasteiger partial charge in [-0.05, 0) is 24.5 Å². The summed E-state index contributed by atoms with van der Waals surface area (Å²) < 4.78 is 19.9. The van der Waals surface area contributed by atoms with E-state index in [4.69, 9.17) is 19.4 Å². The Kier molecular flexibility index (Phi) is 9.29. The molecular formula is C19H22BN3O8. The maximum atomic E-state index is 12.4. The second-order valence-electron chi connectivity index (χ2n) is 6.59. The number of rotatable bonds is 10. The first-order chi connectivity index (χ1) is 15.0. The van der Waals surface area contributed by atoms with Crippen LogP contribution in [-0.2, 0) is 25.4 Å². The molecule has 164 valence electrons. The van der Waals surface area contributed by atoms with Crippen LogP contribution in [0.1, 0.15) is 48.5 Å². The lowest BCUT2D eigenvalue weighted by Crippen LogP contribution is -2.52. The number of benzene rings is 1. The molecule has 11 nitrogen and oxygen atoms in total. The molecule has 1 N–H and O–H groups in total. The summed E-state index contributed by atoms with van der Waals surface area (Å²) in [5, 5.41) is 14.1. The third-order valence-electron chi connectivity index (χ3n) is 4.34. The second-order valence-corrected chi connectivity index (χ2v) is 6.59. The molecular weight excluding hydrogens is 409 g/mol. The molecule has 0 saturated heterocycles. The van der Waals surface area contributed by atoms with Crippen LogP contribution in [0.15, 0.2) is 23.3 Å². The van der Waals surface area contributed by atoms with E-state index in [2.05, 4.69) is 15.1 Å². The normalized spacial score (nSPS) is 14.3. The molecule has 1 aliphatic heterocycles. The van der Waals surface area contributed by atoms with Gasteiger partial charge in [0.2, 0.25) is 12.7 Å². The Labute approximate surface area is 179 Å². The van der Waals surface area contributed by atoms with Crippen LogP contribution in [-0.4, -0.2) is 44.4 Å². The molecule has 0 aromatic heterocycles. The van der Waals surface area contributed by atoms with Gasteiger partial charge in [-0.3, -0.25) is 4.79 Å². The topological polar surface area (TPSA) is 153 Å². The Balaban J connectivity index is 2.00. The van der Waals surface area contributed by atoms with Crippen LogP contribution in [0.3, 0.4) is 0 Å². The molecule has 31 heavy (non-hydrogen) atoms. The van der Waals surface area contributed by atoms with E-state index in [1.54, 1.807) is 12.1 Å². The molecule has 1 amide bonds. The van der Waals surface area contributed by atoms with Crippen LogP contribution in [0.25, 0.3) is 0 Å². The highest BCUT2D eigenvalue weighted by molar-refractivity contribution is 6.53. The van der Waals surface area contributed by atoms with Crippen LogP contribution >= 0.6 is 0 Å². The van der Waals surface area contributed by atoms with Gasteiger partial charge >= 0.3 is 19.2 Å². The lowest BCUT2D eigenvalue weighted by atomic mass is 9.68. The number of unbranched alkanes of at least 4 members (excludes halogenated alkanes) is 1. The van der Waals surface area contributed by atoms with E-state index in [1.807, 2.05) is 13.0 Å². The Morgan fingerprint density at radius 3 is 2.84 bits per heavy atom. The fourth-order valence-corrected chi connectivity index (χ4v) is 2.80. The zero-order valence-corrected chi connectivity index (χ0v) is 17.0. The first kappa shape index (κ1) is 23.7. The average molecular weight is 431 g/mol. The number of hydrogen-bond acceptors (Lipinski definition) is 10. The van der Waals surface area contributed by atoms with E-state index in [0.717, 1.165) is 6.42 Å². The maximum Gasteiger partial charge on any atom is 0.570 e. The summed E-state index contributed by atoms with van der Waals surface area (Å²) >= 11 is 0. The molecule has 0 aliphatic carbocycles. The van der Waals surface area contributed by atoms with Crippen molar-refractivity contribution >= 4 is 25.1 Å². The molecule has 0 fully saturated rings. The number of nitrogens with one attached hydrogen (secondary N) is 1. The first-order valence-corrected chi connectivity index (χ1v) is 9.74. The molecule has 12 heteroatoms. The summed E-state index contributed by atoms with van der Waals surface area (Å²) in [5.74, 6) is -1.89. The number of nitrogens with zero attached hydrogens (tertiary/aromatic N) is 2. The summed E-state index contributed by atoms with van der Waals surface area (Å²) in [7, 11) is -1.27. The standard InChI is InChI=1S/C19H22BN3O8/c1-2-3-10-28-19(26)30-12-29-18(25)14-7-4-6-13-11-15(20(23-27)31-17(13)14)22-16(24)8-5-9-21/h4,6-7,15H,2-3,5,8,10-12H2,1H3,(H,22,24)/t15-/m0/s1. The zero-order valence-electron chi connectivity index (χ0n) is 17.0. The van der Waals surface area contributed by atoms with Crippen molar-refractivity contribution in [3.8, 4) is 11.8 Å². The van der Waals surface area contributed by atoms with E-state index < -0.39 is 37.8 Å². The molecule has 2 rings (SSSR count). The first-order valence-electron chi connectivity index (χ1n) is 9.74. The summed E-state index contributed by atoms with van der Waals surface area (Å²) in [6, 6.07) is 6.55. The van der Waals surface area contributed by atoms with E-state index in [9.17, 15) is 19.3 Å². The number of nitroso groups, excluding NO2 is 1. The minimum atomic E-state index is -1.27. The SMILES string of the molecule is CCCCOC(=O)OCOC(=O)c1cccc2c1OB(N=O)[C@@H](NC(=O)CCC#N)C2. The molecule has 0 spiro atoms. The number of para-hydroxylation sites is 1. The Morgan fingerprint density at radius 2 is 2.13 bits per heavy atom. The number of ether oxygens (including phenoxy) is 3. The quantitative estimate of drug-likeness (QED) is 0.193. The van der Waals surface area contributed by atoms with E-state index in [0.29, 0.717) is 12.0 Å². The fraction of sp³-hybridized carbons (Fsp3) is 0.474. The number of hydrogen-bond donors (Lipinski definition) is 1. The fourth-order valence-electron chi connectivity index (χ4n) is 2.80. The number of nitriles is 1. The smallest absolute Gasteiger partial charge is 0.536 e. The predicted molar refractivity (Wildman–Crippen MR) is 107 cm³/mol. The highest BCUT2D eigenvalue weighted by atomic mass is 16.8. The van der Waals surface area contributed by atoms with E-state index >= 15 is 0 Å². The predicted octanol–water partition coefficient (Wildman–Crippen LogP) is 2.27. The molecule has 0 radical (unpaired) electrons. The molecule has 1 aromatic carbocycles. The zero-order chi connectivity index (χ0) is 22.6. The van der Waals surface area contributed by atoms with Crippen molar-refractivity contribution in [1.82, 2.24) is 5.32 Å². The van der Waals surface area contributed by atoms with Crippen molar-refractivity contribution in [3.63, 3.8) is 0 Å². The second kappa shape index (κ2) is 12.2. The molecule has 0 saturated carbocycles. The minimum Gasteiger partial charge on any atom is -0.536 e. The van der Waals surface area contributed by atoms with Crippen LogP contribution in [0.2, 0.25) is 0 Å². The van der Waals surface area contributed by atoms with Gasteiger partial charge in [-0.15, -0.1) is 0 Å². The van der Waals surface area contributed by atoms with Crippen LogP contribution in [0, 0.1) is 16.2 Å². The molecule has 1 aromatic rings. The lowest BCUT2D eigenvalue weighted by molar-refractivity contribution is -0.121. The Morgan fingerprint density at radius 1 is 1.32 bits per heavy atom. The number of carbonyl (C=O) groups excluding carboxylic acids is 3. The lowest BCUT2D eigenvalue weighted by Gasteiger charge is -2.28. The Bertz CT molecular complexity index is 857. The van der Waals surface area contributed by atoms with Gasteiger partial charge in [0.25, 0.3) is 0 Å². The van der Waals surface area contributed by atoms with Gasteiger partial charge in [0.15, 0.2) is 0 Å². The van der Waals surface area contributed by atoms with E-state index in [1.165, 1.54) is 6.07 Å². The van der Waals surface area contributed by atoms with Gasteiger partial charge in [-0.1, -0.05) is 30.6 Å². The molecule has 0 bridgehead atoms. The summed E-state index contributed by atoms with van der Waals surface area (Å²) in [6.07, 6.45) is 0.799. The third kappa shape index (κ3) is 6.99. The van der Waals surface area contributed by atoms with E-state index in [-0.39, 0.29) is 37.2 Å². The molecule has 1 atom stereocenters. The molecule has 0 unspecified atom stereocenters. The number of amides is 1. The van der Waals surface area contributed by atoms with Gasteiger partial charge < -0.3 is 24.2 Å². The number of carbonyl (C=O) groups is 3. The maximum absolute atomic E-state index is 12.4. The highest BCUT2D eigenvalue weighted by Gasteiger charge is 2.40. The van der Waals surface area contributed by atoms with Crippen LogP contribution in [0.4, 0.5) is 4.79 Å². The summed E-state index contributed by atoms with van der Waals surface area (Å²) in [6.45, 7) is 1.49. The third-order valence-corrected chi connectivity index (χ3v) is 4.34. The van der Waals surface area contributed by atoms with Gasteiger partial charge in [0.1, 0.15) is 11.3 Å². The van der Waals surface area contributed by atoms with Crippen LogP contribution < -0.4 is 9.97 Å².